The zero-order valence-electron chi connectivity index (χ0n) is 11.9. The van der Waals surface area contributed by atoms with E-state index in [1.807, 2.05) is 0 Å². The molecular formula is C15H26N2O. The minimum Gasteiger partial charge on any atom is -0.464 e. The van der Waals surface area contributed by atoms with Crippen LogP contribution in [0.1, 0.15) is 57.6 Å². The van der Waals surface area contributed by atoms with E-state index in [0.717, 1.165) is 17.9 Å². The zero-order chi connectivity index (χ0) is 13.1. The molecule has 0 saturated carbocycles. The summed E-state index contributed by atoms with van der Waals surface area (Å²) in [5.74, 6) is 2.10. The quantitative estimate of drug-likeness (QED) is 0.873. The monoisotopic (exact) mass is 250 g/mol. The van der Waals surface area contributed by atoms with Gasteiger partial charge in [-0.05, 0) is 38.3 Å². The van der Waals surface area contributed by atoms with Crippen molar-refractivity contribution in [2.24, 2.45) is 5.73 Å². The van der Waals surface area contributed by atoms with E-state index in [4.69, 9.17) is 10.2 Å². The normalized spacial score (nSPS) is 26.7. The predicted octanol–water partition coefficient (Wildman–Crippen LogP) is 3.10. The summed E-state index contributed by atoms with van der Waals surface area (Å²) >= 11 is 0. The summed E-state index contributed by atoms with van der Waals surface area (Å²) in [4.78, 5) is 2.57. The number of likely N-dealkylation sites (tertiary alicyclic amines) is 1. The van der Waals surface area contributed by atoms with E-state index in [2.05, 4.69) is 37.8 Å². The standard InChI is InChI=1S/C15H26N2O/c1-4-12-7-6-11(3)17(12)14(10-16)15-9-8-13(5-2)18-15/h8-9,11-12,14H,4-7,10,16H2,1-3H3. The Balaban J connectivity index is 2.21. The minimum atomic E-state index is 0.243. The van der Waals surface area contributed by atoms with Gasteiger partial charge < -0.3 is 10.2 Å². The largest absolute Gasteiger partial charge is 0.464 e. The lowest BCUT2D eigenvalue weighted by atomic mass is 10.1. The summed E-state index contributed by atoms with van der Waals surface area (Å²) in [5.41, 5.74) is 6.01. The maximum atomic E-state index is 6.01. The number of nitrogens with two attached hydrogens (primary N) is 1. The predicted molar refractivity (Wildman–Crippen MR) is 74.5 cm³/mol. The molecule has 0 aliphatic carbocycles. The highest BCUT2D eigenvalue weighted by atomic mass is 16.3. The second-order valence-electron chi connectivity index (χ2n) is 5.34. The molecule has 18 heavy (non-hydrogen) atoms. The van der Waals surface area contributed by atoms with E-state index in [0.29, 0.717) is 18.6 Å². The molecule has 1 fully saturated rings. The summed E-state index contributed by atoms with van der Waals surface area (Å²) in [6.45, 7) is 7.33. The Labute approximate surface area is 110 Å². The highest BCUT2D eigenvalue weighted by Gasteiger charge is 2.36. The molecule has 1 aliphatic heterocycles. The van der Waals surface area contributed by atoms with Gasteiger partial charge in [0, 0.05) is 25.0 Å². The highest BCUT2D eigenvalue weighted by molar-refractivity contribution is 5.13. The topological polar surface area (TPSA) is 42.4 Å². The van der Waals surface area contributed by atoms with Gasteiger partial charge in [-0.15, -0.1) is 0 Å². The van der Waals surface area contributed by atoms with Crippen molar-refractivity contribution in [2.45, 2.75) is 64.6 Å². The molecule has 1 aromatic rings. The molecule has 1 aliphatic rings. The highest BCUT2D eigenvalue weighted by Crippen LogP contribution is 2.35. The molecule has 2 rings (SSSR count). The fourth-order valence-electron chi connectivity index (χ4n) is 3.22. The van der Waals surface area contributed by atoms with Gasteiger partial charge in [0.15, 0.2) is 0 Å². The zero-order valence-corrected chi connectivity index (χ0v) is 11.9. The molecule has 0 radical (unpaired) electrons. The Bertz CT molecular complexity index is 374. The Kier molecular flexibility index (Phi) is 4.46. The lowest BCUT2D eigenvalue weighted by molar-refractivity contribution is 0.120. The van der Waals surface area contributed by atoms with Crippen LogP contribution in [0.5, 0.6) is 0 Å². The van der Waals surface area contributed by atoms with Crippen molar-refractivity contribution in [3.8, 4) is 0 Å². The molecule has 2 heterocycles. The Morgan fingerprint density at radius 1 is 1.39 bits per heavy atom. The van der Waals surface area contributed by atoms with Crippen LogP contribution in [0.4, 0.5) is 0 Å². The molecule has 102 valence electrons. The van der Waals surface area contributed by atoms with Crippen LogP contribution >= 0.6 is 0 Å². The van der Waals surface area contributed by atoms with Crippen molar-refractivity contribution < 1.29 is 4.42 Å². The first-order valence-corrected chi connectivity index (χ1v) is 7.27. The first-order chi connectivity index (χ1) is 8.71. The van der Waals surface area contributed by atoms with Crippen LogP contribution in [0, 0.1) is 0 Å². The molecule has 3 nitrogen and oxygen atoms in total. The van der Waals surface area contributed by atoms with Crippen LogP contribution in [0.15, 0.2) is 16.5 Å². The molecule has 1 aromatic heterocycles. The number of nitrogens with zero attached hydrogens (tertiary/aromatic N) is 1. The first kappa shape index (κ1) is 13.6. The van der Waals surface area contributed by atoms with Crippen LogP contribution in [0.2, 0.25) is 0 Å². The van der Waals surface area contributed by atoms with Gasteiger partial charge >= 0.3 is 0 Å². The lowest BCUT2D eigenvalue weighted by Crippen LogP contribution is -2.40. The van der Waals surface area contributed by atoms with Crippen molar-refractivity contribution in [3.63, 3.8) is 0 Å². The second-order valence-corrected chi connectivity index (χ2v) is 5.34. The molecule has 0 spiro atoms. The van der Waals surface area contributed by atoms with Crippen LogP contribution in [0.25, 0.3) is 0 Å². The van der Waals surface area contributed by atoms with E-state index in [1.165, 1.54) is 19.3 Å². The molecule has 1 saturated heterocycles. The molecule has 0 bridgehead atoms. The fourth-order valence-corrected chi connectivity index (χ4v) is 3.22. The van der Waals surface area contributed by atoms with Gasteiger partial charge in [0.2, 0.25) is 0 Å². The summed E-state index contributed by atoms with van der Waals surface area (Å²) in [7, 11) is 0. The molecule has 0 aromatic carbocycles. The van der Waals surface area contributed by atoms with Gasteiger partial charge in [-0.3, -0.25) is 4.90 Å². The smallest absolute Gasteiger partial charge is 0.122 e. The molecular weight excluding hydrogens is 224 g/mol. The average molecular weight is 250 g/mol. The van der Waals surface area contributed by atoms with E-state index >= 15 is 0 Å². The summed E-state index contributed by atoms with van der Waals surface area (Å²) < 4.78 is 5.92. The third-order valence-corrected chi connectivity index (χ3v) is 4.26. The molecule has 0 amide bonds. The fraction of sp³-hybridized carbons (Fsp3) is 0.733. The van der Waals surface area contributed by atoms with Crippen molar-refractivity contribution in [3.05, 3.63) is 23.7 Å². The van der Waals surface area contributed by atoms with E-state index in [9.17, 15) is 0 Å². The van der Waals surface area contributed by atoms with Crippen molar-refractivity contribution >= 4 is 0 Å². The second kappa shape index (κ2) is 5.89. The van der Waals surface area contributed by atoms with Crippen molar-refractivity contribution in [1.82, 2.24) is 4.90 Å². The van der Waals surface area contributed by atoms with Gasteiger partial charge in [-0.25, -0.2) is 0 Å². The van der Waals surface area contributed by atoms with Crippen molar-refractivity contribution in [2.75, 3.05) is 6.54 Å². The van der Waals surface area contributed by atoms with Gasteiger partial charge in [-0.1, -0.05) is 13.8 Å². The van der Waals surface area contributed by atoms with Crippen LogP contribution < -0.4 is 5.73 Å². The first-order valence-electron chi connectivity index (χ1n) is 7.27. The summed E-state index contributed by atoms with van der Waals surface area (Å²) in [5, 5.41) is 0. The number of furan rings is 1. The number of hydrogen-bond donors (Lipinski definition) is 1. The maximum Gasteiger partial charge on any atom is 0.122 e. The van der Waals surface area contributed by atoms with Crippen LogP contribution in [-0.2, 0) is 6.42 Å². The Morgan fingerprint density at radius 2 is 2.17 bits per heavy atom. The molecule has 3 heteroatoms. The van der Waals surface area contributed by atoms with Gasteiger partial charge in [0.05, 0.1) is 6.04 Å². The Morgan fingerprint density at radius 3 is 2.72 bits per heavy atom. The van der Waals surface area contributed by atoms with Crippen molar-refractivity contribution in [1.29, 1.82) is 0 Å². The van der Waals surface area contributed by atoms with Crippen LogP contribution in [-0.4, -0.2) is 23.5 Å². The number of aryl methyl sites for hydroxylation is 1. The van der Waals surface area contributed by atoms with Gasteiger partial charge in [0.1, 0.15) is 11.5 Å². The summed E-state index contributed by atoms with van der Waals surface area (Å²) in [6, 6.07) is 5.70. The van der Waals surface area contributed by atoms with E-state index < -0.39 is 0 Å². The minimum absolute atomic E-state index is 0.243. The summed E-state index contributed by atoms with van der Waals surface area (Å²) in [6.07, 6.45) is 4.71. The SMILES string of the molecule is CCc1ccc(C(CN)N2C(C)CCC2CC)o1. The lowest BCUT2D eigenvalue weighted by Gasteiger charge is -2.34. The van der Waals surface area contributed by atoms with Gasteiger partial charge in [-0.2, -0.15) is 0 Å². The molecule has 2 N–H and O–H groups in total. The molecule has 3 atom stereocenters. The molecule has 3 unspecified atom stereocenters. The Hall–Kier alpha value is -0.800. The van der Waals surface area contributed by atoms with E-state index in [-0.39, 0.29) is 6.04 Å². The maximum absolute atomic E-state index is 6.01. The number of rotatable bonds is 5. The average Bonchev–Trinajstić information content (AvgIpc) is 2.99. The third kappa shape index (κ3) is 2.47. The third-order valence-electron chi connectivity index (χ3n) is 4.26. The van der Waals surface area contributed by atoms with Gasteiger partial charge in [0.25, 0.3) is 0 Å². The van der Waals surface area contributed by atoms with Crippen LogP contribution in [0.3, 0.4) is 0 Å². The number of hydrogen-bond acceptors (Lipinski definition) is 3. The van der Waals surface area contributed by atoms with E-state index in [1.54, 1.807) is 0 Å².